The Morgan fingerprint density at radius 3 is 2.59 bits per heavy atom. The first-order valence-corrected chi connectivity index (χ1v) is 10.7. The molecule has 1 fully saturated rings. The lowest BCUT2D eigenvalue weighted by Crippen LogP contribution is -2.22. The van der Waals surface area contributed by atoms with Crippen molar-refractivity contribution in [2.45, 2.75) is 38.6 Å². The highest BCUT2D eigenvalue weighted by Gasteiger charge is 2.21. The molecule has 4 rings (SSSR count). The highest BCUT2D eigenvalue weighted by molar-refractivity contribution is 9.10. The van der Waals surface area contributed by atoms with Crippen LogP contribution in [0.25, 0.3) is 10.9 Å². The van der Waals surface area contributed by atoms with Gasteiger partial charge in [-0.25, -0.2) is 4.79 Å². The molecule has 29 heavy (non-hydrogen) atoms. The summed E-state index contributed by atoms with van der Waals surface area (Å²) in [6.45, 7) is 0.808. The molecule has 0 bridgehead atoms. The highest BCUT2D eigenvalue weighted by Crippen LogP contribution is 2.29. The zero-order valence-corrected chi connectivity index (χ0v) is 17.6. The van der Waals surface area contributed by atoms with E-state index in [0.717, 1.165) is 17.4 Å². The average Bonchev–Trinajstić information content (AvgIpc) is 3.08. The lowest BCUT2D eigenvalue weighted by Gasteiger charge is -2.23. The molecule has 2 N–H and O–H groups in total. The first-order valence-electron chi connectivity index (χ1n) is 9.95. The number of aromatic carboxylic acids is 1. The molecule has 1 heterocycles. The number of carbonyl (C=O) groups excluding carboxylic acids is 1. The summed E-state index contributed by atoms with van der Waals surface area (Å²) in [7, 11) is 0. The Labute approximate surface area is 177 Å². The van der Waals surface area contributed by atoms with Crippen LogP contribution >= 0.6 is 15.9 Å². The highest BCUT2D eigenvalue weighted by atomic mass is 79.9. The van der Waals surface area contributed by atoms with Gasteiger partial charge >= 0.3 is 5.97 Å². The molecular formula is C23H23BrN2O3. The minimum absolute atomic E-state index is 0.0580. The lowest BCUT2D eigenvalue weighted by molar-refractivity contribution is 0.0698. The molecule has 2 aromatic carbocycles. The van der Waals surface area contributed by atoms with Crippen molar-refractivity contribution in [2.24, 2.45) is 5.92 Å². The van der Waals surface area contributed by atoms with E-state index in [9.17, 15) is 14.7 Å². The van der Waals surface area contributed by atoms with E-state index in [-0.39, 0.29) is 11.5 Å². The molecule has 0 aliphatic heterocycles. The second-order valence-electron chi connectivity index (χ2n) is 7.65. The summed E-state index contributed by atoms with van der Waals surface area (Å²) < 4.78 is 2.75. The van der Waals surface area contributed by atoms with Crippen molar-refractivity contribution < 1.29 is 14.7 Å². The molecule has 0 spiro atoms. The van der Waals surface area contributed by atoms with Crippen LogP contribution in [-0.4, -0.2) is 21.6 Å². The molecule has 1 aromatic heterocycles. The number of hydrogen-bond acceptors (Lipinski definition) is 2. The van der Waals surface area contributed by atoms with Crippen molar-refractivity contribution in [3.8, 4) is 0 Å². The van der Waals surface area contributed by atoms with Gasteiger partial charge in [-0.05, 0) is 49.1 Å². The van der Waals surface area contributed by atoms with Gasteiger partial charge in [0.15, 0.2) is 0 Å². The molecule has 150 valence electrons. The van der Waals surface area contributed by atoms with E-state index in [1.807, 2.05) is 30.3 Å². The third-order valence-corrected chi connectivity index (χ3v) is 6.16. The number of carboxylic acid groups (broad SMARTS) is 1. The number of halogens is 1. The van der Waals surface area contributed by atoms with Gasteiger partial charge in [-0.2, -0.15) is 0 Å². The Kier molecular flexibility index (Phi) is 5.72. The zero-order chi connectivity index (χ0) is 20.4. The third-order valence-electron chi connectivity index (χ3n) is 5.67. The number of fused-ring (bicyclic) bond motifs is 1. The summed E-state index contributed by atoms with van der Waals surface area (Å²) >= 11 is 3.29. The fourth-order valence-corrected chi connectivity index (χ4v) is 4.57. The SMILES string of the molecule is O=C(O)c1cc(Br)ccc1NC(=O)c1cc2ccccc2n1CC1CCCCC1. The number of benzene rings is 2. The lowest BCUT2D eigenvalue weighted by atomic mass is 9.89. The summed E-state index contributed by atoms with van der Waals surface area (Å²) in [5.74, 6) is -0.806. The topological polar surface area (TPSA) is 71.3 Å². The van der Waals surface area contributed by atoms with Crippen molar-refractivity contribution in [3.63, 3.8) is 0 Å². The predicted molar refractivity (Wildman–Crippen MR) is 118 cm³/mol. The van der Waals surface area contributed by atoms with E-state index in [0.29, 0.717) is 21.8 Å². The Hall–Kier alpha value is -2.60. The summed E-state index contributed by atoms with van der Waals surface area (Å²) in [4.78, 5) is 24.8. The quantitative estimate of drug-likeness (QED) is 0.501. The van der Waals surface area contributed by atoms with Crippen LogP contribution in [0.1, 0.15) is 53.0 Å². The summed E-state index contributed by atoms with van der Waals surface area (Å²) in [5.41, 5.74) is 1.95. The summed E-state index contributed by atoms with van der Waals surface area (Å²) in [6, 6.07) is 14.7. The average molecular weight is 455 g/mol. The monoisotopic (exact) mass is 454 g/mol. The van der Waals surface area contributed by atoms with E-state index in [4.69, 9.17) is 0 Å². The molecule has 0 radical (unpaired) electrons. The molecule has 0 saturated heterocycles. The number of amides is 1. The van der Waals surface area contributed by atoms with Crippen molar-refractivity contribution in [3.05, 3.63) is 64.3 Å². The van der Waals surface area contributed by atoms with E-state index in [2.05, 4.69) is 25.8 Å². The predicted octanol–water partition coefficient (Wildman–Crippen LogP) is 5.93. The van der Waals surface area contributed by atoms with Crippen LogP contribution in [0.15, 0.2) is 53.0 Å². The second kappa shape index (κ2) is 8.41. The molecule has 1 saturated carbocycles. The Morgan fingerprint density at radius 2 is 1.83 bits per heavy atom. The molecule has 0 atom stereocenters. The maximum absolute atomic E-state index is 13.2. The second-order valence-corrected chi connectivity index (χ2v) is 8.57. The van der Waals surface area contributed by atoms with Crippen LogP contribution in [0, 0.1) is 5.92 Å². The van der Waals surface area contributed by atoms with Crippen LogP contribution in [0.3, 0.4) is 0 Å². The number of nitrogens with zero attached hydrogens (tertiary/aromatic N) is 1. The molecular weight excluding hydrogens is 432 g/mol. The summed E-state index contributed by atoms with van der Waals surface area (Å²) in [6.07, 6.45) is 6.14. The number of nitrogens with one attached hydrogen (secondary N) is 1. The first-order chi connectivity index (χ1) is 14.0. The molecule has 6 heteroatoms. The van der Waals surface area contributed by atoms with Gasteiger partial charge in [0.2, 0.25) is 0 Å². The van der Waals surface area contributed by atoms with E-state index in [1.165, 1.54) is 38.2 Å². The molecule has 1 amide bonds. The Morgan fingerprint density at radius 1 is 1.07 bits per heavy atom. The first kappa shape index (κ1) is 19.7. The number of para-hydroxylation sites is 1. The van der Waals surface area contributed by atoms with Gasteiger partial charge in [-0.3, -0.25) is 4.79 Å². The van der Waals surface area contributed by atoms with Gasteiger partial charge in [0.25, 0.3) is 5.91 Å². The van der Waals surface area contributed by atoms with Gasteiger partial charge in [0.1, 0.15) is 5.69 Å². The van der Waals surface area contributed by atoms with Crippen molar-refractivity contribution in [2.75, 3.05) is 5.32 Å². The number of carbonyl (C=O) groups is 2. The Bertz CT molecular complexity index is 1070. The van der Waals surface area contributed by atoms with Gasteiger partial charge in [0, 0.05) is 21.9 Å². The van der Waals surface area contributed by atoms with Crippen LogP contribution < -0.4 is 5.32 Å². The van der Waals surface area contributed by atoms with E-state index in [1.54, 1.807) is 12.1 Å². The van der Waals surface area contributed by atoms with Gasteiger partial charge < -0.3 is 15.0 Å². The number of anilines is 1. The fourth-order valence-electron chi connectivity index (χ4n) is 4.21. The minimum Gasteiger partial charge on any atom is -0.478 e. The minimum atomic E-state index is -1.08. The van der Waals surface area contributed by atoms with Crippen LogP contribution in [-0.2, 0) is 6.54 Å². The number of carboxylic acids is 1. The van der Waals surface area contributed by atoms with Crippen molar-refractivity contribution >= 4 is 44.4 Å². The van der Waals surface area contributed by atoms with Crippen LogP contribution in [0.2, 0.25) is 0 Å². The molecule has 1 aliphatic rings. The maximum Gasteiger partial charge on any atom is 0.337 e. The van der Waals surface area contributed by atoms with Crippen molar-refractivity contribution in [1.29, 1.82) is 0 Å². The van der Waals surface area contributed by atoms with Gasteiger partial charge in [-0.1, -0.05) is 53.4 Å². The molecule has 1 aliphatic carbocycles. The normalized spacial score (nSPS) is 14.8. The van der Waals surface area contributed by atoms with Crippen molar-refractivity contribution in [1.82, 2.24) is 4.57 Å². The maximum atomic E-state index is 13.2. The standard InChI is InChI=1S/C23H23BrN2O3/c24-17-10-11-19(18(13-17)23(28)29)25-22(27)21-12-16-8-4-5-9-20(16)26(21)14-15-6-2-1-3-7-15/h4-5,8-13,15H,1-3,6-7,14H2,(H,25,27)(H,28,29). The molecule has 3 aromatic rings. The molecule has 0 unspecified atom stereocenters. The molecule has 5 nitrogen and oxygen atoms in total. The van der Waals surface area contributed by atoms with E-state index < -0.39 is 5.97 Å². The van der Waals surface area contributed by atoms with E-state index >= 15 is 0 Å². The van der Waals surface area contributed by atoms with Gasteiger partial charge in [0.05, 0.1) is 11.3 Å². The number of aromatic nitrogens is 1. The fraction of sp³-hybridized carbons (Fsp3) is 0.304. The zero-order valence-electron chi connectivity index (χ0n) is 16.0. The number of hydrogen-bond donors (Lipinski definition) is 2. The smallest absolute Gasteiger partial charge is 0.337 e. The Balaban J connectivity index is 1.69. The van der Waals surface area contributed by atoms with Crippen LogP contribution in [0.4, 0.5) is 5.69 Å². The third kappa shape index (κ3) is 4.22. The number of rotatable bonds is 5. The van der Waals surface area contributed by atoms with Crippen LogP contribution in [0.5, 0.6) is 0 Å². The van der Waals surface area contributed by atoms with Gasteiger partial charge in [-0.15, -0.1) is 0 Å². The summed E-state index contributed by atoms with van der Waals surface area (Å²) in [5, 5.41) is 13.3. The largest absolute Gasteiger partial charge is 0.478 e.